The Labute approximate surface area is 118 Å². The highest BCUT2D eigenvalue weighted by Crippen LogP contribution is 2.40. The summed E-state index contributed by atoms with van der Waals surface area (Å²) in [6.45, 7) is 9.02. The monoisotopic (exact) mass is 269 g/mol. The molecular formula is C16H31NO2. The van der Waals surface area contributed by atoms with Crippen LogP contribution in [0.3, 0.4) is 0 Å². The largest absolute Gasteiger partial charge is 0.386 e. The Hall–Kier alpha value is -0.120. The molecule has 1 saturated heterocycles. The third-order valence-electron chi connectivity index (χ3n) is 5.55. The van der Waals surface area contributed by atoms with E-state index in [0.717, 1.165) is 12.3 Å². The van der Waals surface area contributed by atoms with Crippen LogP contribution in [0.2, 0.25) is 0 Å². The van der Waals surface area contributed by atoms with Gasteiger partial charge in [0.1, 0.15) is 5.60 Å². The fraction of sp³-hybridized carbons (Fsp3) is 1.00. The van der Waals surface area contributed by atoms with Gasteiger partial charge in [-0.1, -0.05) is 27.2 Å². The molecule has 1 atom stereocenters. The molecule has 0 aromatic heterocycles. The fourth-order valence-corrected chi connectivity index (χ4v) is 3.44. The zero-order valence-corrected chi connectivity index (χ0v) is 12.9. The number of hydrogen-bond donors (Lipinski definition) is 2. The van der Waals surface area contributed by atoms with E-state index in [2.05, 4.69) is 26.1 Å². The summed E-state index contributed by atoms with van der Waals surface area (Å²) >= 11 is 0. The van der Waals surface area contributed by atoms with Crippen LogP contribution in [0.1, 0.15) is 59.3 Å². The minimum absolute atomic E-state index is 0.489. The zero-order chi connectivity index (χ0) is 13.9. The molecule has 1 unspecified atom stereocenters. The van der Waals surface area contributed by atoms with Crippen molar-refractivity contribution < 1.29 is 9.84 Å². The smallest absolute Gasteiger partial charge is 0.102 e. The first-order valence-electron chi connectivity index (χ1n) is 7.99. The summed E-state index contributed by atoms with van der Waals surface area (Å²) in [5, 5.41) is 13.8. The van der Waals surface area contributed by atoms with Crippen LogP contribution in [0.15, 0.2) is 0 Å². The molecule has 0 aromatic rings. The first-order chi connectivity index (χ1) is 8.95. The van der Waals surface area contributed by atoms with Gasteiger partial charge >= 0.3 is 0 Å². The van der Waals surface area contributed by atoms with Crippen LogP contribution in [0.25, 0.3) is 0 Å². The highest BCUT2D eigenvalue weighted by Gasteiger charge is 2.35. The molecule has 2 fully saturated rings. The second kappa shape index (κ2) is 6.11. The molecule has 2 N–H and O–H groups in total. The van der Waals surface area contributed by atoms with Crippen LogP contribution < -0.4 is 5.32 Å². The highest BCUT2D eigenvalue weighted by atomic mass is 16.5. The van der Waals surface area contributed by atoms with Gasteiger partial charge in [-0.2, -0.15) is 0 Å². The quantitative estimate of drug-likeness (QED) is 0.806. The highest BCUT2D eigenvalue weighted by molar-refractivity contribution is 4.89. The van der Waals surface area contributed by atoms with Gasteiger partial charge in [0.2, 0.25) is 0 Å². The van der Waals surface area contributed by atoms with Crippen molar-refractivity contribution in [1.29, 1.82) is 0 Å². The van der Waals surface area contributed by atoms with Crippen molar-refractivity contribution in [3.63, 3.8) is 0 Å². The minimum Gasteiger partial charge on any atom is -0.386 e. The van der Waals surface area contributed by atoms with E-state index >= 15 is 0 Å². The van der Waals surface area contributed by atoms with Crippen LogP contribution in [0.5, 0.6) is 0 Å². The number of ether oxygens (including phenoxy) is 1. The number of rotatable bonds is 5. The summed E-state index contributed by atoms with van der Waals surface area (Å²) in [5.74, 6) is 0.869. The first-order valence-corrected chi connectivity index (χ1v) is 7.99. The van der Waals surface area contributed by atoms with E-state index in [1.807, 2.05) is 0 Å². The maximum absolute atomic E-state index is 10.3. The van der Waals surface area contributed by atoms with E-state index in [9.17, 15) is 5.11 Å². The molecule has 0 spiro atoms. The fourth-order valence-electron chi connectivity index (χ4n) is 3.44. The minimum atomic E-state index is -0.612. The molecular weight excluding hydrogens is 238 g/mol. The van der Waals surface area contributed by atoms with E-state index in [-0.39, 0.29) is 0 Å². The van der Waals surface area contributed by atoms with Crippen LogP contribution in [-0.2, 0) is 4.74 Å². The van der Waals surface area contributed by atoms with Gasteiger partial charge in [-0.05, 0) is 37.0 Å². The molecule has 1 aliphatic heterocycles. The van der Waals surface area contributed by atoms with E-state index in [1.54, 1.807) is 0 Å². The van der Waals surface area contributed by atoms with Crippen molar-refractivity contribution in [3.8, 4) is 0 Å². The standard InChI is InChI=1S/C16H31NO2/c1-4-15(2,3)13-5-7-14(8-6-13)17-11-16(18)9-10-19-12-16/h13-14,17-18H,4-12H2,1-3H3. The maximum atomic E-state index is 10.3. The van der Waals surface area contributed by atoms with Gasteiger partial charge in [-0.3, -0.25) is 0 Å². The summed E-state index contributed by atoms with van der Waals surface area (Å²) in [7, 11) is 0. The molecule has 3 heteroatoms. The van der Waals surface area contributed by atoms with Crippen molar-refractivity contribution in [3.05, 3.63) is 0 Å². The molecule has 0 bridgehead atoms. The topological polar surface area (TPSA) is 41.5 Å². The summed E-state index contributed by atoms with van der Waals surface area (Å²) in [5.41, 5.74) is -0.123. The molecule has 0 amide bonds. The average Bonchev–Trinajstić information content (AvgIpc) is 2.84. The predicted molar refractivity (Wildman–Crippen MR) is 78.2 cm³/mol. The number of nitrogens with one attached hydrogen (secondary N) is 1. The van der Waals surface area contributed by atoms with Crippen LogP contribution in [0.4, 0.5) is 0 Å². The predicted octanol–water partition coefficient (Wildman–Crippen LogP) is 2.72. The van der Waals surface area contributed by atoms with Gasteiger partial charge in [0.15, 0.2) is 0 Å². The van der Waals surface area contributed by atoms with Gasteiger partial charge in [-0.15, -0.1) is 0 Å². The zero-order valence-electron chi connectivity index (χ0n) is 12.9. The summed E-state index contributed by atoms with van der Waals surface area (Å²) in [6.07, 6.45) is 7.21. The Balaban J connectivity index is 1.72. The molecule has 19 heavy (non-hydrogen) atoms. The molecule has 1 aliphatic carbocycles. The molecule has 3 nitrogen and oxygen atoms in total. The summed E-state index contributed by atoms with van der Waals surface area (Å²) < 4.78 is 5.29. The molecule has 0 aromatic carbocycles. The van der Waals surface area contributed by atoms with Gasteiger partial charge in [0.05, 0.1) is 6.61 Å². The maximum Gasteiger partial charge on any atom is 0.102 e. The molecule has 1 saturated carbocycles. The molecule has 2 rings (SSSR count). The van der Waals surface area contributed by atoms with Gasteiger partial charge in [0.25, 0.3) is 0 Å². The normalized spacial score (nSPS) is 36.6. The van der Waals surface area contributed by atoms with Gasteiger partial charge < -0.3 is 15.2 Å². The Kier molecular flexibility index (Phi) is 4.91. The lowest BCUT2D eigenvalue weighted by Crippen LogP contribution is -2.46. The van der Waals surface area contributed by atoms with E-state index in [1.165, 1.54) is 32.1 Å². The molecule has 0 radical (unpaired) electrons. The number of hydrogen-bond acceptors (Lipinski definition) is 3. The van der Waals surface area contributed by atoms with Crippen LogP contribution >= 0.6 is 0 Å². The van der Waals surface area contributed by atoms with E-state index in [4.69, 9.17) is 4.74 Å². The first kappa shape index (κ1) is 15.3. The Bertz CT molecular complexity index is 276. The van der Waals surface area contributed by atoms with Crippen LogP contribution in [0, 0.1) is 11.3 Å². The Morgan fingerprint density at radius 3 is 2.47 bits per heavy atom. The van der Waals surface area contributed by atoms with Crippen LogP contribution in [-0.4, -0.2) is 36.5 Å². The Morgan fingerprint density at radius 2 is 1.95 bits per heavy atom. The second-order valence-electron chi connectivity index (χ2n) is 7.30. The van der Waals surface area contributed by atoms with Gasteiger partial charge in [0, 0.05) is 25.6 Å². The Morgan fingerprint density at radius 1 is 1.26 bits per heavy atom. The lowest BCUT2D eigenvalue weighted by Gasteiger charge is -2.39. The van der Waals surface area contributed by atoms with Crippen molar-refractivity contribution >= 4 is 0 Å². The second-order valence-corrected chi connectivity index (χ2v) is 7.30. The average molecular weight is 269 g/mol. The van der Waals surface area contributed by atoms with E-state index in [0.29, 0.717) is 31.2 Å². The SMILES string of the molecule is CCC(C)(C)C1CCC(NCC2(O)CCOC2)CC1. The number of aliphatic hydroxyl groups is 1. The lowest BCUT2D eigenvalue weighted by atomic mass is 9.69. The van der Waals surface area contributed by atoms with Crippen molar-refractivity contribution in [2.24, 2.45) is 11.3 Å². The third-order valence-corrected chi connectivity index (χ3v) is 5.55. The molecule has 112 valence electrons. The molecule has 1 heterocycles. The van der Waals surface area contributed by atoms with E-state index < -0.39 is 5.60 Å². The van der Waals surface area contributed by atoms with Crippen molar-refractivity contribution in [2.45, 2.75) is 70.9 Å². The third kappa shape index (κ3) is 3.93. The van der Waals surface area contributed by atoms with Crippen molar-refractivity contribution in [1.82, 2.24) is 5.32 Å². The van der Waals surface area contributed by atoms with Gasteiger partial charge in [-0.25, -0.2) is 0 Å². The molecule has 2 aliphatic rings. The lowest BCUT2D eigenvalue weighted by molar-refractivity contribution is 0.0220. The van der Waals surface area contributed by atoms with Crippen molar-refractivity contribution in [2.75, 3.05) is 19.8 Å². The summed E-state index contributed by atoms with van der Waals surface area (Å²) in [6, 6.07) is 0.591. The summed E-state index contributed by atoms with van der Waals surface area (Å²) in [4.78, 5) is 0.